The molecule has 8 heteroatoms. The number of pyridine rings is 1. The molecule has 1 aliphatic carbocycles. The topological polar surface area (TPSA) is 79.5 Å². The molecule has 19 heavy (non-hydrogen) atoms. The number of anilines is 2. The van der Waals surface area contributed by atoms with Gasteiger partial charge in [-0.3, -0.25) is 0 Å². The van der Waals surface area contributed by atoms with Gasteiger partial charge >= 0.3 is 12.1 Å². The van der Waals surface area contributed by atoms with Crippen molar-refractivity contribution in [1.82, 2.24) is 4.98 Å². The van der Waals surface area contributed by atoms with Crippen LogP contribution in [0.1, 0.15) is 23.2 Å². The van der Waals surface area contributed by atoms with Gasteiger partial charge in [0.15, 0.2) is 0 Å². The van der Waals surface area contributed by atoms with Crippen LogP contribution in [-0.2, 0) is 0 Å². The van der Waals surface area contributed by atoms with Gasteiger partial charge in [0.05, 0.1) is 17.4 Å². The number of carboxylic acids is 1. The van der Waals surface area contributed by atoms with Crippen molar-refractivity contribution in [1.29, 1.82) is 0 Å². The molecule has 1 aliphatic rings. The molecule has 1 saturated carbocycles. The average molecular weight is 275 g/mol. The van der Waals surface area contributed by atoms with Crippen molar-refractivity contribution in [3.8, 4) is 0 Å². The number of hydrogen-bond acceptors (Lipinski definition) is 4. The van der Waals surface area contributed by atoms with E-state index in [0.29, 0.717) is 12.8 Å². The minimum absolute atomic E-state index is 0.0381. The Morgan fingerprint density at radius 1 is 1.53 bits per heavy atom. The molecule has 0 unspecified atom stereocenters. The third-order valence-electron chi connectivity index (χ3n) is 2.78. The van der Waals surface area contributed by atoms with Crippen molar-refractivity contribution in [2.24, 2.45) is 0 Å². The van der Waals surface area contributed by atoms with Crippen LogP contribution >= 0.6 is 0 Å². The number of aromatic carboxylic acids is 1. The smallest absolute Gasteiger partial charge is 0.405 e. The Morgan fingerprint density at radius 2 is 2.16 bits per heavy atom. The summed E-state index contributed by atoms with van der Waals surface area (Å²) >= 11 is 0. The molecule has 1 heterocycles. The van der Waals surface area contributed by atoms with Crippen LogP contribution < -0.4 is 10.6 Å². The van der Waals surface area contributed by atoms with Gasteiger partial charge in [-0.1, -0.05) is 0 Å². The zero-order valence-electron chi connectivity index (χ0n) is 9.81. The molecule has 5 nitrogen and oxygen atoms in total. The molecular formula is C11H12F3N3O2. The van der Waals surface area contributed by atoms with Crippen molar-refractivity contribution < 1.29 is 23.1 Å². The fourth-order valence-electron chi connectivity index (χ4n) is 1.85. The van der Waals surface area contributed by atoms with E-state index in [4.69, 9.17) is 10.8 Å². The second kappa shape index (κ2) is 4.60. The van der Waals surface area contributed by atoms with Gasteiger partial charge in [-0.05, 0) is 18.9 Å². The number of hydrogen-bond donors (Lipinski definition) is 2. The van der Waals surface area contributed by atoms with E-state index in [1.165, 1.54) is 0 Å². The molecule has 104 valence electrons. The monoisotopic (exact) mass is 275 g/mol. The molecule has 0 bridgehead atoms. The van der Waals surface area contributed by atoms with E-state index in [1.54, 1.807) is 0 Å². The van der Waals surface area contributed by atoms with Crippen molar-refractivity contribution >= 4 is 17.5 Å². The van der Waals surface area contributed by atoms with Crippen LogP contribution in [0, 0.1) is 0 Å². The highest BCUT2D eigenvalue weighted by Crippen LogP contribution is 2.36. The minimum Gasteiger partial charge on any atom is -0.478 e. The van der Waals surface area contributed by atoms with Gasteiger partial charge < -0.3 is 15.7 Å². The molecule has 0 saturated heterocycles. The van der Waals surface area contributed by atoms with Crippen molar-refractivity contribution in [2.75, 3.05) is 17.2 Å². The number of aromatic nitrogens is 1. The number of rotatable bonds is 4. The molecule has 1 aromatic rings. The first-order valence-corrected chi connectivity index (χ1v) is 5.60. The third kappa shape index (κ3) is 3.27. The predicted octanol–water partition coefficient (Wildman–Crippen LogP) is 1.89. The lowest BCUT2D eigenvalue weighted by Gasteiger charge is -2.26. The van der Waals surface area contributed by atoms with Crippen LogP contribution in [-0.4, -0.2) is 34.8 Å². The van der Waals surface area contributed by atoms with Crippen molar-refractivity contribution in [3.63, 3.8) is 0 Å². The van der Waals surface area contributed by atoms with Gasteiger partial charge in [-0.2, -0.15) is 13.2 Å². The van der Waals surface area contributed by atoms with E-state index in [2.05, 4.69) is 4.98 Å². The quantitative estimate of drug-likeness (QED) is 0.877. The highest BCUT2D eigenvalue weighted by Gasteiger charge is 2.39. The zero-order valence-corrected chi connectivity index (χ0v) is 9.81. The number of nitrogens with two attached hydrogens (primary N) is 1. The van der Waals surface area contributed by atoms with Crippen molar-refractivity contribution in [2.45, 2.75) is 25.1 Å². The lowest BCUT2D eigenvalue weighted by Crippen LogP contribution is -2.37. The Bertz CT molecular complexity index is 500. The first kappa shape index (κ1) is 13.4. The van der Waals surface area contributed by atoms with Gasteiger partial charge in [0.1, 0.15) is 12.4 Å². The Labute approximate surface area is 106 Å². The standard InChI is InChI=1S/C11H12F3N3O2/c12-11(13,14)5-17(6-1-2-6)8-4-16-9(15)3-7(8)10(18)19/h3-4,6H,1-2,5H2,(H2,15,16)(H,18,19). The Balaban J connectivity index is 2.39. The number of halogens is 3. The van der Waals surface area contributed by atoms with E-state index >= 15 is 0 Å². The summed E-state index contributed by atoms with van der Waals surface area (Å²) in [4.78, 5) is 15.8. The summed E-state index contributed by atoms with van der Waals surface area (Å²) in [5.74, 6) is -1.36. The van der Waals surface area contributed by atoms with Crippen LogP contribution in [0.4, 0.5) is 24.7 Å². The van der Waals surface area contributed by atoms with E-state index in [0.717, 1.165) is 17.2 Å². The summed E-state index contributed by atoms with van der Waals surface area (Å²) in [6.45, 7) is -1.19. The number of carbonyl (C=O) groups is 1. The predicted molar refractivity (Wildman–Crippen MR) is 62.0 cm³/mol. The summed E-state index contributed by atoms with van der Waals surface area (Å²) in [6.07, 6.45) is -2.10. The molecule has 0 radical (unpaired) electrons. The highest BCUT2D eigenvalue weighted by atomic mass is 19.4. The Kier molecular flexibility index (Phi) is 3.25. The molecule has 3 N–H and O–H groups in total. The Morgan fingerprint density at radius 3 is 2.63 bits per heavy atom. The Hall–Kier alpha value is -1.99. The zero-order chi connectivity index (χ0) is 14.2. The van der Waals surface area contributed by atoms with E-state index < -0.39 is 18.7 Å². The normalized spacial score (nSPS) is 15.3. The molecule has 1 fully saturated rings. The van der Waals surface area contributed by atoms with Crippen molar-refractivity contribution in [3.05, 3.63) is 17.8 Å². The largest absolute Gasteiger partial charge is 0.478 e. The summed E-state index contributed by atoms with van der Waals surface area (Å²) in [5.41, 5.74) is 5.07. The second-order valence-corrected chi connectivity index (χ2v) is 4.41. The van der Waals surface area contributed by atoms with Crippen LogP contribution in [0.5, 0.6) is 0 Å². The van der Waals surface area contributed by atoms with Gasteiger partial charge in [0.2, 0.25) is 0 Å². The molecule has 0 spiro atoms. The lowest BCUT2D eigenvalue weighted by molar-refractivity contribution is -0.120. The number of nitrogens with zero attached hydrogens (tertiary/aromatic N) is 2. The fraction of sp³-hybridized carbons (Fsp3) is 0.455. The van der Waals surface area contributed by atoms with Gasteiger partial charge in [-0.25, -0.2) is 9.78 Å². The fourth-order valence-corrected chi connectivity index (χ4v) is 1.85. The van der Waals surface area contributed by atoms with E-state index in [1.807, 2.05) is 0 Å². The van der Waals surface area contributed by atoms with Crippen LogP contribution in [0.15, 0.2) is 12.3 Å². The third-order valence-corrected chi connectivity index (χ3v) is 2.78. The number of carboxylic acid groups (broad SMARTS) is 1. The van der Waals surface area contributed by atoms with Crippen LogP contribution in [0.3, 0.4) is 0 Å². The molecule has 0 aromatic carbocycles. The van der Waals surface area contributed by atoms with E-state index in [-0.39, 0.29) is 23.1 Å². The molecule has 0 aliphatic heterocycles. The number of nitrogen functional groups attached to an aromatic ring is 1. The first-order valence-electron chi connectivity index (χ1n) is 5.60. The van der Waals surface area contributed by atoms with Gasteiger partial charge in [0, 0.05) is 6.04 Å². The maximum atomic E-state index is 12.6. The molecule has 0 amide bonds. The SMILES string of the molecule is Nc1cc(C(=O)O)c(N(CC(F)(F)F)C2CC2)cn1. The molecular weight excluding hydrogens is 263 g/mol. The van der Waals surface area contributed by atoms with Crippen LogP contribution in [0.25, 0.3) is 0 Å². The van der Waals surface area contributed by atoms with Gasteiger partial charge in [-0.15, -0.1) is 0 Å². The summed E-state index contributed by atoms with van der Waals surface area (Å²) in [5, 5.41) is 9.05. The second-order valence-electron chi connectivity index (χ2n) is 4.41. The van der Waals surface area contributed by atoms with Crippen LogP contribution in [0.2, 0.25) is 0 Å². The molecule has 2 rings (SSSR count). The van der Waals surface area contributed by atoms with E-state index in [9.17, 15) is 18.0 Å². The lowest BCUT2D eigenvalue weighted by atomic mass is 10.2. The molecule has 0 atom stereocenters. The highest BCUT2D eigenvalue weighted by molar-refractivity contribution is 5.95. The van der Waals surface area contributed by atoms with Gasteiger partial charge in [0.25, 0.3) is 0 Å². The average Bonchev–Trinajstić information content (AvgIpc) is 3.08. The summed E-state index contributed by atoms with van der Waals surface area (Å²) < 4.78 is 37.7. The maximum Gasteiger partial charge on any atom is 0.405 e. The minimum atomic E-state index is -4.40. The summed E-state index contributed by atoms with van der Waals surface area (Å²) in [6, 6.07) is 0.786. The maximum absolute atomic E-state index is 12.6. The number of alkyl halides is 3. The first-order chi connectivity index (χ1) is 8.78. The summed E-state index contributed by atoms with van der Waals surface area (Å²) in [7, 11) is 0. The molecule has 1 aromatic heterocycles.